The van der Waals surface area contributed by atoms with Crippen LogP contribution < -0.4 is 9.73 Å². The van der Waals surface area contributed by atoms with Crippen LogP contribution in [0.15, 0.2) is 93.3 Å². The van der Waals surface area contributed by atoms with E-state index in [1.54, 1.807) is 48.5 Å². The summed E-state index contributed by atoms with van der Waals surface area (Å²) in [6.07, 6.45) is 1.28. The van der Waals surface area contributed by atoms with E-state index in [9.17, 15) is 13.2 Å². The number of hydrazone groups is 1. The van der Waals surface area contributed by atoms with Gasteiger partial charge in [0.1, 0.15) is 18.1 Å². The maximum atomic E-state index is 13.4. The molecule has 0 saturated carbocycles. The molecule has 190 valence electrons. The second kappa shape index (κ2) is 11.6. The highest BCUT2D eigenvalue weighted by Crippen LogP contribution is 2.32. The van der Waals surface area contributed by atoms with Crippen LogP contribution in [0, 0.1) is 0 Å². The van der Waals surface area contributed by atoms with Crippen molar-refractivity contribution < 1.29 is 17.6 Å². The van der Waals surface area contributed by atoms with Gasteiger partial charge in [0.15, 0.2) is 0 Å². The van der Waals surface area contributed by atoms with E-state index < -0.39 is 22.5 Å². The van der Waals surface area contributed by atoms with E-state index in [0.717, 1.165) is 4.31 Å². The fraction of sp³-hybridized carbons (Fsp3) is 0.0400. The molecule has 0 aliphatic heterocycles. The Morgan fingerprint density at radius 2 is 1.59 bits per heavy atom. The molecule has 0 unspecified atom stereocenters. The number of amides is 1. The Hall–Kier alpha value is -3.01. The van der Waals surface area contributed by atoms with Gasteiger partial charge >= 0.3 is 0 Å². The molecule has 0 aliphatic carbocycles. The minimum atomic E-state index is -4.13. The molecule has 0 saturated heterocycles. The molecule has 1 heterocycles. The van der Waals surface area contributed by atoms with E-state index in [4.69, 9.17) is 50.8 Å². The Bertz CT molecular complexity index is 1550. The van der Waals surface area contributed by atoms with Crippen molar-refractivity contribution in [3.05, 3.63) is 105 Å². The third-order valence-electron chi connectivity index (χ3n) is 4.96. The van der Waals surface area contributed by atoms with Gasteiger partial charge in [-0.15, -0.1) is 0 Å². The summed E-state index contributed by atoms with van der Waals surface area (Å²) in [6, 6.07) is 20.3. The van der Waals surface area contributed by atoms with Crippen molar-refractivity contribution >= 4 is 74.2 Å². The number of furan rings is 1. The molecule has 7 nitrogen and oxygen atoms in total. The zero-order valence-electron chi connectivity index (χ0n) is 18.7. The summed E-state index contributed by atoms with van der Waals surface area (Å²) in [7, 11) is -4.13. The number of hydrogen-bond donors (Lipinski definition) is 1. The summed E-state index contributed by atoms with van der Waals surface area (Å²) in [5.74, 6) is 0.100. The molecule has 1 amide bonds. The van der Waals surface area contributed by atoms with Crippen LogP contribution in [0.1, 0.15) is 5.76 Å². The summed E-state index contributed by atoms with van der Waals surface area (Å²) in [5.41, 5.74) is 3.06. The van der Waals surface area contributed by atoms with Crippen LogP contribution >= 0.6 is 46.4 Å². The topological polar surface area (TPSA) is 92.0 Å². The largest absolute Gasteiger partial charge is 0.455 e. The van der Waals surface area contributed by atoms with Crippen molar-refractivity contribution in [1.29, 1.82) is 0 Å². The van der Waals surface area contributed by atoms with Crippen molar-refractivity contribution in [2.75, 3.05) is 10.8 Å². The Kier molecular flexibility index (Phi) is 8.46. The third-order valence-corrected chi connectivity index (χ3v) is 7.73. The lowest BCUT2D eigenvalue weighted by Gasteiger charge is -2.24. The van der Waals surface area contributed by atoms with Gasteiger partial charge in [0.2, 0.25) is 0 Å². The van der Waals surface area contributed by atoms with Crippen molar-refractivity contribution in [1.82, 2.24) is 5.43 Å². The normalized spacial score (nSPS) is 11.6. The fourth-order valence-electron chi connectivity index (χ4n) is 3.31. The summed E-state index contributed by atoms with van der Waals surface area (Å²) >= 11 is 24.3. The van der Waals surface area contributed by atoms with E-state index in [0.29, 0.717) is 27.1 Å². The van der Waals surface area contributed by atoms with Crippen LogP contribution in [-0.4, -0.2) is 27.1 Å². The van der Waals surface area contributed by atoms with Gasteiger partial charge in [0.25, 0.3) is 15.9 Å². The number of sulfonamides is 1. The van der Waals surface area contributed by atoms with Crippen molar-refractivity contribution in [3.63, 3.8) is 0 Å². The average molecular weight is 597 g/mol. The van der Waals surface area contributed by atoms with Gasteiger partial charge in [-0.25, -0.2) is 13.8 Å². The number of hydrogen-bond acceptors (Lipinski definition) is 5. The monoisotopic (exact) mass is 595 g/mol. The van der Waals surface area contributed by atoms with Gasteiger partial charge in [-0.05, 0) is 60.7 Å². The van der Waals surface area contributed by atoms with E-state index in [1.165, 1.54) is 36.5 Å². The number of halogens is 4. The summed E-state index contributed by atoms with van der Waals surface area (Å²) in [4.78, 5) is 12.7. The minimum absolute atomic E-state index is 0.00799. The zero-order chi connectivity index (χ0) is 26.6. The number of rotatable bonds is 8. The number of anilines is 1. The van der Waals surface area contributed by atoms with Gasteiger partial charge < -0.3 is 4.42 Å². The Balaban J connectivity index is 1.52. The first-order valence-corrected chi connectivity index (χ1v) is 13.5. The molecule has 37 heavy (non-hydrogen) atoms. The lowest BCUT2D eigenvalue weighted by molar-refractivity contribution is -0.119. The van der Waals surface area contributed by atoms with Crippen molar-refractivity contribution in [3.8, 4) is 11.3 Å². The maximum absolute atomic E-state index is 13.4. The fourth-order valence-corrected chi connectivity index (χ4v) is 5.75. The van der Waals surface area contributed by atoms with E-state index in [-0.39, 0.29) is 20.6 Å². The molecular formula is C25H17Cl4N3O4S. The zero-order valence-corrected chi connectivity index (χ0v) is 22.6. The molecule has 12 heteroatoms. The first-order valence-electron chi connectivity index (χ1n) is 10.5. The molecule has 4 rings (SSSR count). The van der Waals surface area contributed by atoms with Crippen LogP contribution in [0.5, 0.6) is 0 Å². The first-order chi connectivity index (χ1) is 17.6. The SMILES string of the molecule is O=C(CN(c1cc(Cl)cc(Cl)c1)S(=O)(=O)c1ccccc1)N/N=C\c1ccc(-c2ccc(Cl)cc2Cl)o1. The Morgan fingerprint density at radius 3 is 2.27 bits per heavy atom. The maximum Gasteiger partial charge on any atom is 0.264 e. The van der Waals surface area contributed by atoms with Gasteiger partial charge in [0, 0.05) is 20.6 Å². The molecule has 0 radical (unpaired) electrons. The first kappa shape index (κ1) is 27.0. The number of nitrogens with zero attached hydrogens (tertiary/aromatic N) is 2. The predicted octanol–water partition coefficient (Wildman–Crippen LogP) is 6.91. The summed E-state index contributed by atoms with van der Waals surface area (Å²) < 4.78 is 33.3. The lowest BCUT2D eigenvalue weighted by Crippen LogP contribution is -2.39. The van der Waals surface area contributed by atoms with E-state index in [1.807, 2.05) is 0 Å². The molecule has 0 aliphatic rings. The highest BCUT2D eigenvalue weighted by atomic mass is 35.5. The van der Waals surface area contributed by atoms with Crippen LogP contribution in [-0.2, 0) is 14.8 Å². The smallest absolute Gasteiger partial charge is 0.264 e. The highest BCUT2D eigenvalue weighted by molar-refractivity contribution is 7.92. The summed E-state index contributed by atoms with van der Waals surface area (Å²) in [6.45, 7) is -0.588. The standard InChI is InChI=1S/C25H17Cl4N3O4S/c26-16-6-8-22(23(29)13-16)24-9-7-20(36-24)14-30-31-25(33)15-32(19-11-17(27)10-18(28)12-19)37(34,35)21-4-2-1-3-5-21/h1-14H,15H2,(H,31,33)/b30-14-. The molecule has 3 aromatic carbocycles. The second-order valence-corrected chi connectivity index (χ2v) is 11.2. The average Bonchev–Trinajstić information content (AvgIpc) is 3.31. The summed E-state index contributed by atoms with van der Waals surface area (Å²) in [5, 5.41) is 5.21. The molecule has 1 N–H and O–H groups in total. The van der Waals surface area contributed by atoms with Gasteiger partial charge in [-0.1, -0.05) is 64.6 Å². The number of benzene rings is 3. The Morgan fingerprint density at radius 1 is 0.892 bits per heavy atom. The molecule has 0 atom stereocenters. The van der Waals surface area contributed by atoms with Crippen LogP contribution in [0.2, 0.25) is 20.1 Å². The molecule has 4 aromatic rings. The van der Waals surface area contributed by atoms with Crippen molar-refractivity contribution in [2.45, 2.75) is 4.90 Å². The Labute approximate surface area is 233 Å². The molecule has 0 bridgehead atoms. The van der Waals surface area contributed by atoms with Crippen LogP contribution in [0.25, 0.3) is 11.3 Å². The molecule has 1 aromatic heterocycles. The van der Waals surface area contributed by atoms with Crippen molar-refractivity contribution in [2.24, 2.45) is 5.10 Å². The van der Waals surface area contributed by atoms with Gasteiger partial charge in [-0.2, -0.15) is 5.10 Å². The lowest BCUT2D eigenvalue weighted by atomic mass is 10.2. The number of nitrogens with one attached hydrogen (secondary N) is 1. The predicted molar refractivity (Wildman–Crippen MR) is 147 cm³/mol. The molecule has 0 spiro atoms. The second-order valence-electron chi connectivity index (χ2n) is 7.57. The van der Waals surface area contributed by atoms with Crippen LogP contribution in [0.3, 0.4) is 0 Å². The van der Waals surface area contributed by atoms with Gasteiger partial charge in [-0.3, -0.25) is 9.10 Å². The highest BCUT2D eigenvalue weighted by Gasteiger charge is 2.27. The third kappa shape index (κ3) is 6.66. The minimum Gasteiger partial charge on any atom is -0.455 e. The van der Waals surface area contributed by atoms with Crippen LogP contribution in [0.4, 0.5) is 5.69 Å². The number of carbonyl (C=O) groups is 1. The number of carbonyl (C=O) groups excluding carboxylic acids is 1. The quantitative estimate of drug-likeness (QED) is 0.177. The van der Waals surface area contributed by atoms with Gasteiger partial charge in [0.05, 0.1) is 21.8 Å². The molecule has 0 fully saturated rings. The van der Waals surface area contributed by atoms with E-state index >= 15 is 0 Å². The van der Waals surface area contributed by atoms with E-state index in [2.05, 4.69) is 10.5 Å². The molecular weight excluding hydrogens is 580 g/mol.